The highest BCUT2D eigenvalue weighted by Crippen LogP contribution is 2.31. The lowest BCUT2D eigenvalue weighted by atomic mass is 9.99. The quantitative estimate of drug-likeness (QED) is 0.867. The van der Waals surface area contributed by atoms with Gasteiger partial charge in [-0.25, -0.2) is 8.78 Å². The third kappa shape index (κ3) is 3.16. The summed E-state index contributed by atoms with van der Waals surface area (Å²) in [7, 11) is 0. The van der Waals surface area contributed by atoms with Gasteiger partial charge in [0, 0.05) is 38.2 Å². The number of carbonyl (C=O) groups excluding carboxylic acids is 1. The molecule has 4 heterocycles. The fraction of sp³-hybridized carbons (Fsp3) is 0.500. The number of nitrogens with one attached hydrogen (secondary N) is 1. The number of hydrogen-bond acceptors (Lipinski definition) is 5. The van der Waals surface area contributed by atoms with Gasteiger partial charge >= 0.3 is 0 Å². The smallest absolute Gasteiger partial charge is 0.274 e. The van der Waals surface area contributed by atoms with Crippen LogP contribution in [0, 0.1) is 11.6 Å². The predicted octanol–water partition coefficient (Wildman–Crippen LogP) is 2.07. The van der Waals surface area contributed by atoms with Crippen molar-refractivity contribution < 1.29 is 18.3 Å². The van der Waals surface area contributed by atoms with Crippen LogP contribution in [-0.2, 0) is 11.2 Å². The zero-order valence-corrected chi connectivity index (χ0v) is 15.2. The number of H-pyrrole nitrogens is 1. The summed E-state index contributed by atoms with van der Waals surface area (Å²) >= 11 is 0. The Morgan fingerprint density at radius 2 is 1.85 bits per heavy atom. The zero-order chi connectivity index (χ0) is 19.1. The Bertz CT molecular complexity index is 843. The number of piperazine rings is 1. The SMILES string of the molecule is C[C@@H]1Cc2c(C(=O)N3CCN(c4c(F)cncc4F)CC3)n[nH]c2[C@H](C)O1. The molecule has 2 aliphatic rings. The maximum atomic E-state index is 13.9. The number of ether oxygens (including phenoxy) is 1. The van der Waals surface area contributed by atoms with Gasteiger partial charge in [0.15, 0.2) is 17.3 Å². The molecule has 0 unspecified atom stereocenters. The Hall–Kier alpha value is -2.55. The summed E-state index contributed by atoms with van der Waals surface area (Å²) in [6, 6.07) is 0. The number of rotatable bonds is 2. The molecule has 1 saturated heterocycles. The van der Waals surface area contributed by atoms with Crippen molar-refractivity contribution >= 4 is 11.6 Å². The van der Waals surface area contributed by atoms with Gasteiger partial charge in [-0.2, -0.15) is 5.10 Å². The normalized spacial score (nSPS) is 22.7. The van der Waals surface area contributed by atoms with Crippen molar-refractivity contribution in [3.05, 3.63) is 41.0 Å². The minimum Gasteiger partial charge on any atom is -0.369 e. The number of halogens is 2. The first-order chi connectivity index (χ1) is 13.0. The van der Waals surface area contributed by atoms with Crippen molar-refractivity contribution in [3.8, 4) is 0 Å². The summed E-state index contributed by atoms with van der Waals surface area (Å²) in [6.07, 6.45) is 2.51. The Kier molecular flexibility index (Phi) is 4.55. The standard InChI is InChI=1S/C18H21F2N5O2/c1-10-7-12-15(11(2)27-10)22-23-16(12)18(26)25-5-3-24(4-6-25)17-13(19)8-21-9-14(17)20/h8-11H,3-7H2,1-2H3,(H,22,23)/t10-,11+/m1/s1. The van der Waals surface area contributed by atoms with Crippen molar-refractivity contribution in [2.24, 2.45) is 0 Å². The van der Waals surface area contributed by atoms with E-state index in [2.05, 4.69) is 15.2 Å². The molecule has 0 aliphatic carbocycles. The van der Waals surface area contributed by atoms with E-state index in [9.17, 15) is 13.6 Å². The van der Waals surface area contributed by atoms with Crippen molar-refractivity contribution in [2.45, 2.75) is 32.5 Å². The van der Waals surface area contributed by atoms with E-state index in [0.717, 1.165) is 23.7 Å². The minimum absolute atomic E-state index is 0.0196. The second-order valence-electron chi connectivity index (χ2n) is 6.99. The van der Waals surface area contributed by atoms with Gasteiger partial charge in [-0.05, 0) is 13.8 Å². The number of aromatic amines is 1. The van der Waals surface area contributed by atoms with E-state index < -0.39 is 11.6 Å². The Balaban J connectivity index is 1.49. The van der Waals surface area contributed by atoms with Crippen LogP contribution in [0.2, 0.25) is 0 Å². The highest BCUT2D eigenvalue weighted by Gasteiger charge is 2.33. The molecule has 1 N–H and O–H groups in total. The molecule has 0 spiro atoms. The molecule has 2 aromatic heterocycles. The van der Waals surface area contributed by atoms with Crippen molar-refractivity contribution in [3.63, 3.8) is 0 Å². The molecule has 0 saturated carbocycles. The predicted molar refractivity (Wildman–Crippen MR) is 93.5 cm³/mol. The lowest BCUT2D eigenvalue weighted by Gasteiger charge is -2.36. The zero-order valence-electron chi connectivity index (χ0n) is 15.2. The number of fused-ring (bicyclic) bond motifs is 1. The van der Waals surface area contributed by atoms with Crippen LogP contribution in [0.25, 0.3) is 0 Å². The van der Waals surface area contributed by atoms with Gasteiger partial charge < -0.3 is 14.5 Å². The molecule has 9 heteroatoms. The van der Waals surface area contributed by atoms with E-state index in [1.165, 1.54) is 0 Å². The number of carbonyl (C=O) groups is 1. The molecule has 1 fully saturated rings. The molecule has 27 heavy (non-hydrogen) atoms. The molecule has 2 aromatic rings. The summed E-state index contributed by atoms with van der Waals surface area (Å²) in [5.74, 6) is -1.55. The Morgan fingerprint density at radius 3 is 2.52 bits per heavy atom. The van der Waals surface area contributed by atoms with Gasteiger partial charge in [-0.15, -0.1) is 0 Å². The maximum Gasteiger partial charge on any atom is 0.274 e. The number of pyridine rings is 1. The highest BCUT2D eigenvalue weighted by molar-refractivity contribution is 5.94. The first-order valence-corrected chi connectivity index (χ1v) is 9.01. The molecule has 2 atom stereocenters. The van der Waals surface area contributed by atoms with Crippen LogP contribution in [-0.4, -0.2) is 58.3 Å². The first kappa shape index (κ1) is 17.8. The molecule has 144 valence electrons. The fourth-order valence-corrected chi connectivity index (χ4v) is 3.84. The molecule has 0 radical (unpaired) electrons. The Morgan fingerprint density at radius 1 is 1.19 bits per heavy atom. The number of aromatic nitrogens is 3. The van der Waals surface area contributed by atoms with E-state index in [0.29, 0.717) is 38.3 Å². The molecule has 2 aliphatic heterocycles. The number of nitrogens with zero attached hydrogens (tertiary/aromatic N) is 4. The molecule has 7 nitrogen and oxygen atoms in total. The molecular formula is C18H21F2N5O2. The maximum absolute atomic E-state index is 13.9. The van der Waals surface area contributed by atoms with E-state index in [1.54, 1.807) is 9.80 Å². The molecule has 0 bridgehead atoms. The van der Waals surface area contributed by atoms with E-state index in [4.69, 9.17) is 4.74 Å². The highest BCUT2D eigenvalue weighted by atomic mass is 19.1. The topological polar surface area (TPSA) is 74.4 Å². The summed E-state index contributed by atoms with van der Waals surface area (Å²) in [5.41, 5.74) is 2.08. The van der Waals surface area contributed by atoms with Crippen LogP contribution in [0.5, 0.6) is 0 Å². The Labute approximate surface area is 155 Å². The van der Waals surface area contributed by atoms with Crippen LogP contribution in [0.4, 0.5) is 14.5 Å². The van der Waals surface area contributed by atoms with Gasteiger partial charge in [-0.3, -0.25) is 14.9 Å². The van der Waals surface area contributed by atoms with Gasteiger partial charge in [0.1, 0.15) is 5.69 Å². The number of amides is 1. The second-order valence-corrected chi connectivity index (χ2v) is 6.99. The van der Waals surface area contributed by atoms with Gasteiger partial charge in [0.2, 0.25) is 0 Å². The van der Waals surface area contributed by atoms with Gasteiger partial charge in [-0.1, -0.05) is 0 Å². The second kappa shape index (κ2) is 6.88. The van der Waals surface area contributed by atoms with Crippen molar-refractivity contribution in [1.82, 2.24) is 20.1 Å². The molecule has 4 rings (SSSR count). The van der Waals surface area contributed by atoms with Crippen LogP contribution < -0.4 is 4.90 Å². The van der Waals surface area contributed by atoms with Crippen LogP contribution in [0.15, 0.2) is 12.4 Å². The van der Waals surface area contributed by atoms with Gasteiger partial charge in [0.25, 0.3) is 5.91 Å². The number of hydrogen-bond donors (Lipinski definition) is 1. The number of anilines is 1. The first-order valence-electron chi connectivity index (χ1n) is 9.01. The van der Waals surface area contributed by atoms with E-state index in [-0.39, 0.29) is 23.8 Å². The third-order valence-electron chi connectivity index (χ3n) is 5.15. The van der Waals surface area contributed by atoms with Crippen LogP contribution in [0.3, 0.4) is 0 Å². The monoisotopic (exact) mass is 377 g/mol. The fourth-order valence-electron chi connectivity index (χ4n) is 3.84. The average Bonchev–Trinajstić information content (AvgIpc) is 3.05. The summed E-state index contributed by atoms with van der Waals surface area (Å²) in [5, 5.41) is 7.15. The molecule has 0 aromatic carbocycles. The van der Waals surface area contributed by atoms with Gasteiger partial charge in [0.05, 0.1) is 30.3 Å². The average molecular weight is 377 g/mol. The van der Waals surface area contributed by atoms with E-state index >= 15 is 0 Å². The lowest BCUT2D eigenvalue weighted by Crippen LogP contribution is -2.49. The van der Waals surface area contributed by atoms with Crippen molar-refractivity contribution in [1.29, 1.82) is 0 Å². The lowest BCUT2D eigenvalue weighted by molar-refractivity contribution is -0.00702. The minimum atomic E-state index is -0.695. The largest absolute Gasteiger partial charge is 0.369 e. The van der Waals surface area contributed by atoms with Crippen molar-refractivity contribution in [2.75, 3.05) is 31.1 Å². The van der Waals surface area contributed by atoms with E-state index in [1.807, 2.05) is 13.8 Å². The van der Waals surface area contributed by atoms with Crippen LogP contribution in [0.1, 0.15) is 41.7 Å². The molecule has 1 amide bonds. The van der Waals surface area contributed by atoms with Crippen LogP contribution >= 0.6 is 0 Å². The third-order valence-corrected chi connectivity index (χ3v) is 5.15. The summed E-state index contributed by atoms with van der Waals surface area (Å²) in [4.78, 5) is 19.7. The summed E-state index contributed by atoms with van der Waals surface area (Å²) < 4.78 is 33.6. The molecular weight excluding hydrogens is 356 g/mol. The summed E-state index contributed by atoms with van der Waals surface area (Å²) in [6.45, 7) is 5.31.